The highest BCUT2D eigenvalue weighted by atomic mass is 32.2. The Bertz CT molecular complexity index is 975. The summed E-state index contributed by atoms with van der Waals surface area (Å²) in [5, 5.41) is 2.60. The molecule has 7 nitrogen and oxygen atoms in total. The third-order valence-electron chi connectivity index (χ3n) is 4.43. The predicted octanol–water partition coefficient (Wildman–Crippen LogP) is 2.80. The largest absolute Gasteiger partial charge is 0.493 e. The van der Waals surface area contributed by atoms with Crippen LogP contribution in [0, 0.1) is 5.82 Å². The second-order valence-electron chi connectivity index (χ2n) is 6.10. The lowest BCUT2D eigenvalue weighted by atomic mass is 10.1. The van der Waals surface area contributed by atoms with Gasteiger partial charge >= 0.3 is 0 Å². The zero-order chi connectivity index (χ0) is 21.6. The molecule has 158 valence electrons. The van der Waals surface area contributed by atoms with E-state index in [9.17, 15) is 17.6 Å². The second-order valence-corrected chi connectivity index (χ2v) is 8.04. The number of rotatable bonds is 9. The summed E-state index contributed by atoms with van der Waals surface area (Å²) in [7, 11) is -0.789. The van der Waals surface area contributed by atoms with E-state index in [0.29, 0.717) is 17.1 Å². The molecule has 0 radical (unpaired) electrons. The topological polar surface area (TPSA) is 84.9 Å². The Hall–Kier alpha value is -2.65. The first-order chi connectivity index (χ1) is 13.8. The number of hydrogen-bond acceptors (Lipinski definition) is 5. The zero-order valence-electron chi connectivity index (χ0n) is 16.9. The van der Waals surface area contributed by atoms with Crippen LogP contribution in [0.3, 0.4) is 0 Å². The molecule has 0 saturated carbocycles. The van der Waals surface area contributed by atoms with Gasteiger partial charge in [-0.25, -0.2) is 12.8 Å². The van der Waals surface area contributed by atoms with Gasteiger partial charge in [0.2, 0.25) is 10.0 Å². The van der Waals surface area contributed by atoms with Crippen LogP contribution in [-0.2, 0) is 16.6 Å². The summed E-state index contributed by atoms with van der Waals surface area (Å²) in [6, 6.07) is 8.33. The molecular formula is C20H25FN2O5S. The summed E-state index contributed by atoms with van der Waals surface area (Å²) in [5.74, 6) is -0.470. The molecule has 0 saturated heterocycles. The normalized spacial score (nSPS) is 11.4. The molecule has 2 rings (SSSR count). The Kier molecular flexibility index (Phi) is 7.58. The number of benzene rings is 2. The first-order valence-electron chi connectivity index (χ1n) is 9.07. The van der Waals surface area contributed by atoms with Gasteiger partial charge in [-0.3, -0.25) is 4.79 Å². The van der Waals surface area contributed by atoms with Gasteiger partial charge in [0.25, 0.3) is 5.91 Å². The number of nitrogens with one attached hydrogen (secondary N) is 1. The van der Waals surface area contributed by atoms with Crippen molar-refractivity contribution < 1.29 is 27.1 Å². The van der Waals surface area contributed by atoms with Gasteiger partial charge < -0.3 is 14.8 Å². The van der Waals surface area contributed by atoms with Gasteiger partial charge in [0, 0.05) is 19.6 Å². The predicted molar refractivity (Wildman–Crippen MR) is 107 cm³/mol. The highest BCUT2D eigenvalue weighted by Crippen LogP contribution is 2.27. The van der Waals surface area contributed by atoms with Crippen LogP contribution in [0.5, 0.6) is 11.5 Å². The third-order valence-corrected chi connectivity index (χ3v) is 6.47. The molecule has 0 unspecified atom stereocenters. The molecule has 0 aliphatic heterocycles. The van der Waals surface area contributed by atoms with Crippen molar-refractivity contribution >= 4 is 15.9 Å². The number of sulfonamides is 1. The maximum Gasteiger partial charge on any atom is 0.254 e. The number of methoxy groups -OCH3 is 2. The van der Waals surface area contributed by atoms with Crippen LogP contribution in [0.15, 0.2) is 41.3 Å². The minimum Gasteiger partial charge on any atom is -0.493 e. The lowest BCUT2D eigenvalue weighted by molar-refractivity contribution is 0.0946. The van der Waals surface area contributed by atoms with Crippen LogP contribution < -0.4 is 14.8 Å². The van der Waals surface area contributed by atoms with Crippen LogP contribution in [0.25, 0.3) is 0 Å². The highest BCUT2D eigenvalue weighted by molar-refractivity contribution is 7.89. The fourth-order valence-electron chi connectivity index (χ4n) is 2.82. The Morgan fingerprint density at radius 1 is 1.03 bits per heavy atom. The molecule has 29 heavy (non-hydrogen) atoms. The standard InChI is InChI=1S/C20H25FN2O5S/c1-5-23(6-2)29(25,26)15-8-9-17(21)16(12-15)20(24)22-13-14-7-10-18(27-3)19(11-14)28-4/h7-12H,5-6,13H2,1-4H3,(H,22,24). The molecule has 0 aliphatic rings. The molecule has 0 bridgehead atoms. The molecule has 0 aliphatic carbocycles. The van der Waals surface area contributed by atoms with E-state index in [4.69, 9.17) is 9.47 Å². The van der Waals surface area contributed by atoms with E-state index in [-0.39, 0.29) is 30.1 Å². The molecule has 1 amide bonds. The fraction of sp³-hybridized carbons (Fsp3) is 0.350. The van der Waals surface area contributed by atoms with E-state index in [1.165, 1.54) is 18.5 Å². The van der Waals surface area contributed by atoms with Crippen LogP contribution in [0.1, 0.15) is 29.8 Å². The third kappa shape index (κ3) is 5.04. The van der Waals surface area contributed by atoms with E-state index in [1.54, 1.807) is 32.0 Å². The maximum atomic E-state index is 14.2. The summed E-state index contributed by atoms with van der Waals surface area (Å²) < 4.78 is 51.1. The van der Waals surface area contributed by atoms with Gasteiger partial charge in [0.1, 0.15) is 5.82 Å². The van der Waals surface area contributed by atoms with Crippen molar-refractivity contribution in [2.75, 3.05) is 27.3 Å². The first-order valence-corrected chi connectivity index (χ1v) is 10.5. The molecule has 1 N–H and O–H groups in total. The molecule has 0 spiro atoms. The molecule has 0 fully saturated rings. The lowest BCUT2D eigenvalue weighted by Crippen LogP contribution is -2.31. The number of ether oxygens (including phenoxy) is 2. The van der Waals surface area contributed by atoms with Gasteiger partial charge in [-0.15, -0.1) is 0 Å². The van der Waals surface area contributed by atoms with Crippen molar-refractivity contribution in [3.8, 4) is 11.5 Å². The monoisotopic (exact) mass is 424 g/mol. The minimum absolute atomic E-state index is 0.103. The van der Waals surface area contributed by atoms with Crippen molar-refractivity contribution in [2.24, 2.45) is 0 Å². The molecule has 0 atom stereocenters. The highest BCUT2D eigenvalue weighted by Gasteiger charge is 2.24. The molecule has 9 heteroatoms. The first kappa shape index (κ1) is 22.6. The molecular weight excluding hydrogens is 399 g/mol. The van der Waals surface area contributed by atoms with Gasteiger partial charge in [-0.1, -0.05) is 19.9 Å². The van der Waals surface area contributed by atoms with Crippen molar-refractivity contribution in [3.63, 3.8) is 0 Å². The quantitative estimate of drug-likeness (QED) is 0.669. The number of carbonyl (C=O) groups excluding carboxylic acids is 1. The van der Waals surface area contributed by atoms with Crippen molar-refractivity contribution in [3.05, 3.63) is 53.3 Å². The Morgan fingerprint density at radius 2 is 1.69 bits per heavy atom. The van der Waals surface area contributed by atoms with E-state index in [0.717, 1.165) is 18.2 Å². The van der Waals surface area contributed by atoms with E-state index < -0.39 is 21.7 Å². The SMILES string of the molecule is CCN(CC)S(=O)(=O)c1ccc(F)c(C(=O)NCc2ccc(OC)c(OC)c2)c1. The zero-order valence-corrected chi connectivity index (χ0v) is 17.7. The van der Waals surface area contributed by atoms with Crippen LogP contribution in [0.4, 0.5) is 4.39 Å². The van der Waals surface area contributed by atoms with E-state index in [2.05, 4.69) is 5.32 Å². The minimum atomic E-state index is -3.80. The number of carbonyl (C=O) groups is 1. The van der Waals surface area contributed by atoms with Gasteiger partial charge in [-0.05, 0) is 35.9 Å². The lowest BCUT2D eigenvalue weighted by Gasteiger charge is -2.19. The summed E-state index contributed by atoms with van der Waals surface area (Å²) in [6.07, 6.45) is 0. The van der Waals surface area contributed by atoms with Crippen molar-refractivity contribution in [2.45, 2.75) is 25.3 Å². The number of hydrogen-bond donors (Lipinski definition) is 1. The van der Waals surface area contributed by atoms with Crippen LogP contribution in [-0.4, -0.2) is 45.9 Å². The Morgan fingerprint density at radius 3 is 2.28 bits per heavy atom. The summed E-state index contributed by atoms with van der Waals surface area (Å²) in [6.45, 7) is 4.07. The molecule has 2 aromatic carbocycles. The Balaban J connectivity index is 2.23. The molecule has 0 heterocycles. The van der Waals surface area contributed by atoms with Crippen LogP contribution >= 0.6 is 0 Å². The van der Waals surface area contributed by atoms with E-state index >= 15 is 0 Å². The Labute approximate surface area is 170 Å². The van der Waals surface area contributed by atoms with Crippen LogP contribution in [0.2, 0.25) is 0 Å². The molecule has 0 aromatic heterocycles. The average molecular weight is 424 g/mol. The summed E-state index contributed by atoms with van der Waals surface area (Å²) >= 11 is 0. The smallest absolute Gasteiger partial charge is 0.254 e. The maximum absolute atomic E-state index is 14.2. The van der Waals surface area contributed by atoms with Gasteiger partial charge in [0.05, 0.1) is 24.7 Å². The fourth-order valence-corrected chi connectivity index (χ4v) is 4.30. The second kappa shape index (κ2) is 9.71. The average Bonchev–Trinajstić information content (AvgIpc) is 2.72. The van der Waals surface area contributed by atoms with Gasteiger partial charge in [-0.2, -0.15) is 4.31 Å². The number of amides is 1. The number of halogens is 1. The van der Waals surface area contributed by atoms with Crippen molar-refractivity contribution in [1.29, 1.82) is 0 Å². The van der Waals surface area contributed by atoms with Crippen molar-refractivity contribution in [1.82, 2.24) is 9.62 Å². The summed E-state index contributed by atoms with van der Waals surface area (Å²) in [4.78, 5) is 12.4. The van der Waals surface area contributed by atoms with Gasteiger partial charge in [0.15, 0.2) is 11.5 Å². The summed E-state index contributed by atoms with van der Waals surface area (Å²) in [5.41, 5.74) is 0.377. The molecule has 2 aromatic rings. The number of nitrogens with zero attached hydrogens (tertiary/aromatic N) is 1. The van der Waals surface area contributed by atoms with E-state index in [1.807, 2.05) is 0 Å².